The Kier molecular flexibility index (Phi) is 8.31. The van der Waals surface area contributed by atoms with E-state index in [0.29, 0.717) is 19.1 Å². The molecule has 0 heterocycles. The maximum Gasteiger partial charge on any atom is 0.126 e. The number of benzene rings is 1. The largest absolute Gasteiger partial charge is 0.491 e. The quantitative estimate of drug-likeness (QED) is 0.664. The summed E-state index contributed by atoms with van der Waals surface area (Å²) in [6.07, 6.45) is 1.05. The molecule has 0 fully saturated rings. The van der Waals surface area contributed by atoms with Crippen LogP contribution in [0.2, 0.25) is 0 Å². The Hall–Kier alpha value is -1.06. The first-order chi connectivity index (χ1) is 9.65. The highest BCUT2D eigenvalue weighted by Gasteiger charge is 2.07. The molecule has 114 valence electrons. The van der Waals surface area contributed by atoms with Gasteiger partial charge in [-0.05, 0) is 31.4 Å². The maximum absolute atomic E-state index is 5.91. The summed E-state index contributed by atoms with van der Waals surface area (Å²) >= 11 is 0. The van der Waals surface area contributed by atoms with Crippen molar-refractivity contribution in [1.82, 2.24) is 5.32 Å². The monoisotopic (exact) mass is 279 g/mol. The highest BCUT2D eigenvalue weighted by atomic mass is 16.5. The topological polar surface area (TPSA) is 30.5 Å². The third-order valence-corrected chi connectivity index (χ3v) is 2.98. The lowest BCUT2D eigenvalue weighted by molar-refractivity contribution is 0.1000. The standard InChI is InChI=1S/C17H29NO2/c1-5-9-19-10-11-20-17-15(4)7-6-8-16(17)13-18-12-14(2)3/h6-8,14,18H,5,9-13H2,1-4H3. The summed E-state index contributed by atoms with van der Waals surface area (Å²) in [5.41, 5.74) is 2.41. The Morgan fingerprint density at radius 3 is 2.65 bits per heavy atom. The third-order valence-electron chi connectivity index (χ3n) is 2.98. The second-order valence-corrected chi connectivity index (χ2v) is 5.55. The van der Waals surface area contributed by atoms with E-state index in [0.717, 1.165) is 31.9 Å². The number of para-hydroxylation sites is 1. The second kappa shape index (κ2) is 9.78. The lowest BCUT2D eigenvalue weighted by Gasteiger charge is -2.15. The molecule has 0 radical (unpaired) electrons. The van der Waals surface area contributed by atoms with Gasteiger partial charge in [-0.3, -0.25) is 0 Å². The summed E-state index contributed by atoms with van der Waals surface area (Å²) in [4.78, 5) is 0. The van der Waals surface area contributed by atoms with Crippen molar-refractivity contribution in [2.24, 2.45) is 5.92 Å². The van der Waals surface area contributed by atoms with E-state index in [4.69, 9.17) is 9.47 Å². The van der Waals surface area contributed by atoms with Crippen LogP contribution in [-0.4, -0.2) is 26.4 Å². The average Bonchev–Trinajstić information content (AvgIpc) is 2.40. The number of hydrogen-bond acceptors (Lipinski definition) is 3. The van der Waals surface area contributed by atoms with Gasteiger partial charge in [0.15, 0.2) is 0 Å². The van der Waals surface area contributed by atoms with E-state index in [2.05, 4.69) is 51.2 Å². The highest BCUT2D eigenvalue weighted by molar-refractivity contribution is 5.40. The van der Waals surface area contributed by atoms with Crippen molar-refractivity contribution in [2.45, 2.75) is 40.7 Å². The van der Waals surface area contributed by atoms with E-state index in [1.165, 1.54) is 11.1 Å². The first kappa shape index (κ1) is 17.0. The smallest absolute Gasteiger partial charge is 0.126 e. The molecule has 0 unspecified atom stereocenters. The molecule has 0 aliphatic rings. The minimum Gasteiger partial charge on any atom is -0.491 e. The van der Waals surface area contributed by atoms with Gasteiger partial charge < -0.3 is 14.8 Å². The van der Waals surface area contributed by atoms with E-state index >= 15 is 0 Å². The van der Waals surface area contributed by atoms with Crippen molar-refractivity contribution in [3.05, 3.63) is 29.3 Å². The van der Waals surface area contributed by atoms with Gasteiger partial charge in [0, 0.05) is 18.7 Å². The lowest BCUT2D eigenvalue weighted by Crippen LogP contribution is -2.20. The van der Waals surface area contributed by atoms with Crippen molar-refractivity contribution in [3.63, 3.8) is 0 Å². The molecular weight excluding hydrogens is 250 g/mol. The molecule has 0 bridgehead atoms. The van der Waals surface area contributed by atoms with Crippen molar-refractivity contribution in [3.8, 4) is 5.75 Å². The van der Waals surface area contributed by atoms with Crippen molar-refractivity contribution >= 4 is 0 Å². The summed E-state index contributed by atoms with van der Waals surface area (Å²) in [6, 6.07) is 6.30. The molecule has 3 heteroatoms. The van der Waals surface area contributed by atoms with Crippen molar-refractivity contribution in [1.29, 1.82) is 0 Å². The predicted octanol–water partition coefficient (Wildman–Crippen LogP) is 3.55. The van der Waals surface area contributed by atoms with Gasteiger partial charge in [-0.1, -0.05) is 39.0 Å². The molecular formula is C17H29NO2. The zero-order valence-corrected chi connectivity index (χ0v) is 13.4. The molecule has 0 saturated carbocycles. The maximum atomic E-state index is 5.91. The highest BCUT2D eigenvalue weighted by Crippen LogP contribution is 2.23. The van der Waals surface area contributed by atoms with Crippen LogP contribution >= 0.6 is 0 Å². The number of aryl methyl sites for hydroxylation is 1. The lowest BCUT2D eigenvalue weighted by atomic mass is 10.1. The van der Waals surface area contributed by atoms with E-state index < -0.39 is 0 Å². The summed E-state index contributed by atoms with van der Waals surface area (Å²) in [5, 5.41) is 3.47. The summed E-state index contributed by atoms with van der Waals surface area (Å²) < 4.78 is 11.4. The molecule has 3 nitrogen and oxygen atoms in total. The molecule has 1 aromatic rings. The Bertz CT molecular complexity index is 377. The first-order valence-electron chi connectivity index (χ1n) is 7.64. The third kappa shape index (κ3) is 6.40. The minimum atomic E-state index is 0.613. The number of ether oxygens (including phenoxy) is 2. The van der Waals surface area contributed by atoms with Crippen molar-refractivity contribution in [2.75, 3.05) is 26.4 Å². The Balaban J connectivity index is 2.49. The Labute approximate surface area is 123 Å². The fourth-order valence-corrected chi connectivity index (χ4v) is 2.00. The minimum absolute atomic E-state index is 0.613. The fourth-order valence-electron chi connectivity index (χ4n) is 2.00. The zero-order chi connectivity index (χ0) is 14.8. The van der Waals surface area contributed by atoms with E-state index in [1.807, 2.05) is 0 Å². The molecule has 20 heavy (non-hydrogen) atoms. The van der Waals surface area contributed by atoms with E-state index in [-0.39, 0.29) is 0 Å². The van der Waals surface area contributed by atoms with Crippen LogP contribution in [0.4, 0.5) is 0 Å². The molecule has 0 aliphatic carbocycles. The first-order valence-corrected chi connectivity index (χ1v) is 7.64. The number of rotatable bonds is 10. The second-order valence-electron chi connectivity index (χ2n) is 5.55. The molecule has 0 amide bonds. The average molecular weight is 279 g/mol. The van der Waals surface area contributed by atoms with Gasteiger partial charge in [0.05, 0.1) is 6.61 Å². The van der Waals surface area contributed by atoms with Crippen LogP contribution in [0.3, 0.4) is 0 Å². The molecule has 0 saturated heterocycles. The zero-order valence-electron chi connectivity index (χ0n) is 13.4. The SMILES string of the molecule is CCCOCCOc1c(C)cccc1CNCC(C)C. The van der Waals surface area contributed by atoms with Gasteiger partial charge in [0.2, 0.25) is 0 Å². The Morgan fingerprint density at radius 2 is 1.95 bits per heavy atom. The number of hydrogen-bond donors (Lipinski definition) is 1. The van der Waals surface area contributed by atoms with Crippen LogP contribution in [0.5, 0.6) is 5.75 Å². The summed E-state index contributed by atoms with van der Waals surface area (Å²) in [7, 11) is 0. The van der Waals surface area contributed by atoms with Gasteiger partial charge in [0.25, 0.3) is 0 Å². The van der Waals surface area contributed by atoms with Gasteiger partial charge in [-0.15, -0.1) is 0 Å². The molecule has 1 N–H and O–H groups in total. The molecule has 0 atom stereocenters. The van der Waals surface area contributed by atoms with E-state index in [9.17, 15) is 0 Å². The molecule has 0 aromatic heterocycles. The van der Waals surface area contributed by atoms with Gasteiger partial charge in [-0.25, -0.2) is 0 Å². The Morgan fingerprint density at radius 1 is 1.15 bits per heavy atom. The van der Waals surface area contributed by atoms with Crippen molar-refractivity contribution < 1.29 is 9.47 Å². The molecule has 0 spiro atoms. The summed E-state index contributed by atoms with van der Waals surface area (Å²) in [5.74, 6) is 1.66. The molecule has 0 aliphatic heterocycles. The molecule has 1 rings (SSSR count). The van der Waals surface area contributed by atoms with Crippen LogP contribution < -0.4 is 10.1 Å². The summed E-state index contributed by atoms with van der Waals surface area (Å²) in [6.45, 7) is 12.6. The fraction of sp³-hybridized carbons (Fsp3) is 0.647. The van der Waals surface area contributed by atoms with Gasteiger partial charge in [0.1, 0.15) is 12.4 Å². The van der Waals surface area contributed by atoms with Crippen LogP contribution in [0.1, 0.15) is 38.3 Å². The molecule has 1 aromatic carbocycles. The predicted molar refractivity (Wildman–Crippen MR) is 84.3 cm³/mol. The van der Waals surface area contributed by atoms with Crippen LogP contribution in [0.25, 0.3) is 0 Å². The van der Waals surface area contributed by atoms with Gasteiger partial charge >= 0.3 is 0 Å². The van der Waals surface area contributed by atoms with Gasteiger partial charge in [-0.2, -0.15) is 0 Å². The van der Waals surface area contributed by atoms with Crippen LogP contribution in [-0.2, 0) is 11.3 Å². The van der Waals surface area contributed by atoms with E-state index in [1.54, 1.807) is 0 Å². The normalized spacial score (nSPS) is 11.1. The number of nitrogens with one attached hydrogen (secondary N) is 1. The van der Waals surface area contributed by atoms with Crippen LogP contribution in [0, 0.1) is 12.8 Å². The van der Waals surface area contributed by atoms with Crippen LogP contribution in [0.15, 0.2) is 18.2 Å².